The van der Waals surface area contributed by atoms with Crippen molar-refractivity contribution in [1.82, 2.24) is 19.8 Å². The third kappa shape index (κ3) is 4.71. The van der Waals surface area contributed by atoms with Crippen LogP contribution in [0.25, 0.3) is 10.8 Å². The van der Waals surface area contributed by atoms with E-state index in [0.29, 0.717) is 32.6 Å². The van der Waals surface area contributed by atoms with Crippen LogP contribution in [0.1, 0.15) is 17.1 Å². The lowest BCUT2D eigenvalue weighted by Crippen LogP contribution is -2.51. The molecule has 8 heteroatoms. The number of thiazole rings is 1. The Morgan fingerprint density at radius 3 is 2.28 bits per heavy atom. The lowest BCUT2D eigenvalue weighted by atomic mass is 10.2. The molecule has 1 fully saturated rings. The minimum atomic E-state index is 0.0364. The number of nitrogens with zero attached hydrogens (tertiary/aromatic N) is 4. The Kier molecular flexibility index (Phi) is 5.71. The van der Waals surface area contributed by atoms with Crippen molar-refractivity contribution in [2.24, 2.45) is 0 Å². The number of amides is 2. The van der Waals surface area contributed by atoms with Gasteiger partial charge in [-0.3, -0.25) is 14.6 Å². The number of hydrogen-bond acceptors (Lipinski definition) is 6. The predicted molar refractivity (Wildman–Crippen MR) is 109 cm³/mol. The molecule has 0 radical (unpaired) electrons. The molecule has 3 aromatic rings. The highest BCUT2D eigenvalue weighted by Crippen LogP contribution is 2.26. The van der Waals surface area contributed by atoms with Gasteiger partial charge in [0.25, 0.3) is 0 Å². The molecule has 29 heavy (non-hydrogen) atoms. The number of hydrogen-bond donors (Lipinski definition) is 0. The second-order valence-corrected chi connectivity index (χ2v) is 7.85. The highest BCUT2D eigenvalue weighted by molar-refractivity contribution is 7.13. The van der Waals surface area contributed by atoms with Gasteiger partial charge < -0.3 is 14.2 Å². The van der Waals surface area contributed by atoms with Crippen LogP contribution in [-0.2, 0) is 22.4 Å². The Bertz CT molecular complexity index is 990. The highest BCUT2D eigenvalue weighted by atomic mass is 32.1. The van der Waals surface area contributed by atoms with E-state index >= 15 is 0 Å². The number of furan rings is 1. The lowest BCUT2D eigenvalue weighted by molar-refractivity contribution is -0.138. The van der Waals surface area contributed by atoms with Crippen molar-refractivity contribution in [3.05, 3.63) is 59.1 Å². The van der Waals surface area contributed by atoms with Gasteiger partial charge in [0.05, 0.1) is 18.5 Å². The maximum Gasteiger partial charge on any atom is 0.228 e. The van der Waals surface area contributed by atoms with Crippen molar-refractivity contribution in [1.29, 1.82) is 0 Å². The van der Waals surface area contributed by atoms with Crippen LogP contribution in [0.3, 0.4) is 0 Å². The summed E-state index contributed by atoms with van der Waals surface area (Å²) in [6.45, 7) is 4.07. The summed E-state index contributed by atoms with van der Waals surface area (Å²) in [6, 6.07) is 9.35. The minimum absolute atomic E-state index is 0.0364. The molecule has 4 heterocycles. The molecule has 0 spiro atoms. The zero-order valence-electron chi connectivity index (χ0n) is 16.2. The van der Waals surface area contributed by atoms with E-state index in [1.54, 1.807) is 16.0 Å². The van der Waals surface area contributed by atoms with Gasteiger partial charge in [-0.25, -0.2) is 4.98 Å². The van der Waals surface area contributed by atoms with E-state index in [2.05, 4.69) is 9.97 Å². The largest absolute Gasteiger partial charge is 0.459 e. The van der Waals surface area contributed by atoms with E-state index in [0.717, 1.165) is 27.9 Å². The Morgan fingerprint density at radius 2 is 1.69 bits per heavy atom. The summed E-state index contributed by atoms with van der Waals surface area (Å²) < 4.78 is 5.59. The molecule has 1 aliphatic rings. The van der Waals surface area contributed by atoms with Gasteiger partial charge in [-0.1, -0.05) is 6.07 Å². The molecule has 150 valence electrons. The predicted octanol–water partition coefficient (Wildman–Crippen LogP) is 2.56. The van der Waals surface area contributed by atoms with E-state index in [-0.39, 0.29) is 18.2 Å². The monoisotopic (exact) mass is 410 g/mol. The number of piperazine rings is 1. The quantitative estimate of drug-likeness (QED) is 0.646. The zero-order valence-corrected chi connectivity index (χ0v) is 17.0. The molecule has 0 aliphatic carbocycles. The number of aryl methyl sites for hydroxylation is 1. The van der Waals surface area contributed by atoms with Crippen molar-refractivity contribution >= 4 is 23.2 Å². The Labute approximate surface area is 173 Å². The van der Waals surface area contributed by atoms with Crippen molar-refractivity contribution < 1.29 is 14.0 Å². The average Bonchev–Trinajstić information content (AvgIpc) is 3.37. The van der Waals surface area contributed by atoms with E-state index in [1.807, 2.05) is 42.6 Å². The summed E-state index contributed by atoms with van der Waals surface area (Å²) in [5, 5.41) is 2.68. The van der Waals surface area contributed by atoms with Gasteiger partial charge in [-0.2, -0.15) is 0 Å². The summed E-state index contributed by atoms with van der Waals surface area (Å²) in [4.78, 5) is 37.4. The second-order valence-electron chi connectivity index (χ2n) is 6.99. The van der Waals surface area contributed by atoms with Crippen molar-refractivity contribution in [2.75, 3.05) is 26.2 Å². The van der Waals surface area contributed by atoms with E-state index < -0.39 is 0 Å². The van der Waals surface area contributed by atoms with Crippen molar-refractivity contribution in [2.45, 2.75) is 19.8 Å². The van der Waals surface area contributed by atoms with Gasteiger partial charge in [-0.05, 0) is 31.2 Å². The number of pyridine rings is 1. The van der Waals surface area contributed by atoms with Gasteiger partial charge in [0.2, 0.25) is 11.8 Å². The molecule has 0 unspecified atom stereocenters. The summed E-state index contributed by atoms with van der Waals surface area (Å²) in [5.41, 5.74) is 1.51. The van der Waals surface area contributed by atoms with Crippen LogP contribution in [-0.4, -0.2) is 57.8 Å². The fraction of sp³-hybridized carbons (Fsp3) is 0.333. The SMILES string of the molecule is Cc1ccc(-c2nc(CC(=O)N3CCN(C(=O)Cc4ccccn4)CC3)cs2)o1. The normalized spacial score (nSPS) is 14.2. The molecule has 1 aliphatic heterocycles. The van der Waals surface area contributed by atoms with Gasteiger partial charge >= 0.3 is 0 Å². The number of carbonyl (C=O) groups is 2. The van der Waals surface area contributed by atoms with Crippen LogP contribution < -0.4 is 0 Å². The summed E-state index contributed by atoms with van der Waals surface area (Å²) >= 11 is 1.48. The molecule has 0 N–H and O–H groups in total. The Morgan fingerprint density at radius 1 is 1.00 bits per heavy atom. The van der Waals surface area contributed by atoms with Gasteiger partial charge in [0, 0.05) is 43.4 Å². The molecular formula is C21H22N4O3S. The van der Waals surface area contributed by atoms with Crippen LogP contribution >= 0.6 is 11.3 Å². The lowest BCUT2D eigenvalue weighted by Gasteiger charge is -2.34. The first kappa shape index (κ1) is 19.3. The Balaban J connectivity index is 1.28. The molecule has 0 aromatic carbocycles. The smallest absolute Gasteiger partial charge is 0.228 e. The third-order valence-corrected chi connectivity index (χ3v) is 5.78. The minimum Gasteiger partial charge on any atom is -0.459 e. The summed E-state index contributed by atoms with van der Waals surface area (Å²) in [6.07, 6.45) is 2.25. The first-order chi connectivity index (χ1) is 14.1. The molecule has 3 aromatic heterocycles. The maximum atomic E-state index is 12.6. The third-order valence-electron chi connectivity index (χ3n) is 4.88. The topological polar surface area (TPSA) is 79.5 Å². The molecule has 4 rings (SSSR count). The van der Waals surface area contributed by atoms with Crippen molar-refractivity contribution in [3.63, 3.8) is 0 Å². The molecule has 0 saturated carbocycles. The first-order valence-electron chi connectivity index (χ1n) is 9.55. The summed E-state index contributed by atoms with van der Waals surface area (Å²) in [5.74, 6) is 1.65. The van der Waals surface area contributed by atoms with Crippen LogP contribution in [0, 0.1) is 6.92 Å². The molecule has 7 nitrogen and oxygen atoms in total. The second kappa shape index (κ2) is 8.57. The molecule has 0 atom stereocenters. The van der Waals surface area contributed by atoms with Crippen LogP contribution in [0.5, 0.6) is 0 Å². The number of carbonyl (C=O) groups excluding carboxylic acids is 2. The van der Waals surface area contributed by atoms with E-state index in [4.69, 9.17) is 4.42 Å². The maximum absolute atomic E-state index is 12.6. The van der Waals surface area contributed by atoms with E-state index in [1.165, 1.54) is 11.3 Å². The molecular weight excluding hydrogens is 388 g/mol. The fourth-order valence-corrected chi connectivity index (χ4v) is 4.07. The van der Waals surface area contributed by atoms with Gasteiger partial charge in [0.15, 0.2) is 10.8 Å². The molecule has 2 amide bonds. The standard InChI is InChI=1S/C21H22N4O3S/c1-15-5-6-18(28-15)21-23-17(14-29-21)13-20(27)25-10-8-24(9-11-25)19(26)12-16-4-2-3-7-22-16/h2-7,14H,8-13H2,1H3. The molecule has 1 saturated heterocycles. The molecule has 0 bridgehead atoms. The number of rotatable bonds is 5. The number of aromatic nitrogens is 2. The van der Waals surface area contributed by atoms with Gasteiger partial charge in [-0.15, -0.1) is 11.3 Å². The average molecular weight is 410 g/mol. The van der Waals surface area contributed by atoms with Crippen LogP contribution in [0.15, 0.2) is 46.3 Å². The van der Waals surface area contributed by atoms with Gasteiger partial charge in [0.1, 0.15) is 5.76 Å². The highest BCUT2D eigenvalue weighted by Gasteiger charge is 2.25. The summed E-state index contributed by atoms with van der Waals surface area (Å²) in [7, 11) is 0. The Hall–Kier alpha value is -3.00. The first-order valence-corrected chi connectivity index (χ1v) is 10.4. The fourth-order valence-electron chi connectivity index (χ4n) is 3.29. The zero-order chi connectivity index (χ0) is 20.2. The van der Waals surface area contributed by atoms with Crippen LogP contribution in [0.2, 0.25) is 0 Å². The van der Waals surface area contributed by atoms with Crippen LogP contribution in [0.4, 0.5) is 0 Å². The van der Waals surface area contributed by atoms with E-state index in [9.17, 15) is 9.59 Å². The van der Waals surface area contributed by atoms with Crippen molar-refractivity contribution in [3.8, 4) is 10.8 Å².